The Morgan fingerprint density at radius 1 is 1.38 bits per heavy atom. The molecule has 0 atom stereocenters. The van der Waals surface area contributed by atoms with Crippen LogP contribution in [-0.2, 0) is 4.79 Å². The minimum Gasteiger partial charge on any atom is -0.478 e. The topological polar surface area (TPSA) is 37.3 Å². The SMILES string of the molecule is Cc1ccc(S/C=C/C(=O)O)cc1. The number of aryl methyl sites for hydroxylation is 1. The van der Waals surface area contributed by atoms with Crippen molar-refractivity contribution in [3.63, 3.8) is 0 Å². The molecule has 3 heteroatoms. The van der Waals surface area contributed by atoms with Gasteiger partial charge in [-0.2, -0.15) is 0 Å². The number of carbonyl (C=O) groups is 1. The predicted molar refractivity (Wildman–Crippen MR) is 53.8 cm³/mol. The molecule has 1 N–H and O–H groups in total. The maximum Gasteiger partial charge on any atom is 0.328 e. The minimum absolute atomic E-state index is 0.917. The molecule has 0 bridgehead atoms. The van der Waals surface area contributed by atoms with Crippen molar-refractivity contribution in [1.82, 2.24) is 0 Å². The van der Waals surface area contributed by atoms with E-state index in [1.807, 2.05) is 31.2 Å². The molecule has 0 aromatic heterocycles. The van der Waals surface area contributed by atoms with E-state index in [1.54, 1.807) is 5.41 Å². The summed E-state index contributed by atoms with van der Waals surface area (Å²) >= 11 is 1.40. The Hall–Kier alpha value is -1.22. The fourth-order valence-electron chi connectivity index (χ4n) is 0.788. The average Bonchev–Trinajstić information content (AvgIpc) is 2.08. The van der Waals surface area contributed by atoms with Gasteiger partial charge < -0.3 is 5.11 Å². The normalized spacial score (nSPS) is 10.5. The van der Waals surface area contributed by atoms with Crippen LogP contribution < -0.4 is 0 Å². The third-order valence-corrected chi connectivity index (χ3v) is 2.25. The molecule has 0 amide bonds. The second kappa shape index (κ2) is 4.72. The van der Waals surface area contributed by atoms with Gasteiger partial charge in [0, 0.05) is 11.0 Å². The van der Waals surface area contributed by atoms with Crippen LogP contribution in [-0.4, -0.2) is 11.1 Å². The molecule has 1 rings (SSSR count). The quantitative estimate of drug-likeness (QED) is 0.593. The summed E-state index contributed by atoms with van der Waals surface area (Å²) in [7, 11) is 0. The molecule has 68 valence electrons. The van der Waals surface area contributed by atoms with Crippen molar-refractivity contribution in [2.75, 3.05) is 0 Å². The van der Waals surface area contributed by atoms with E-state index >= 15 is 0 Å². The lowest BCUT2D eigenvalue weighted by molar-refractivity contribution is -0.131. The van der Waals surface area contributed by atoms with E-state index in [0.29, 0.717) is 0 Å². The molecule has 0 heterocycles. The summed E-state index contributed by atoms with van der Waals surface area (Å²) in [5.41, 5.74) is 1.20. The van der Waals surface area contributed by atoms with Crippen LogP contribution in [0.2, 0.25) is 0 Å². The highest BCUT2D eigenvalue weighted by Crippen LogP contribution is 2.18. The summed E-state index contributed by atoms with van der Waals surface area (Å²) in [5, 5.41) is 9.90. The zero-order valence-electron chi connectivity index (χ0n) is 7.23. The van der Waals surface area contributed by atoms with Crippen molar-refractivity contribution in [1.29, 1.82) is 0 Å². The second-order valence-electron chi connectivity index (χ2n) is 2.57. The van der Waals surface area contributed by atoms with Crippen LogP contribution in [0.3, 0.4) is 0 Å². The number of carboxylic acid groups (broad SMARTS) is 1. The fraction of sp³-hybridized carbons (Fsp3) is 0.100. The Morgan fingerprint density at radius 3 is 2.54 bits per heavy atom. The Kier molecular flexibility index (Phi) is 3.58. The van der Waals surface area contributed by atoms with E-state index in [9.17, 15) is 4.79 Å². The molecule has 0 unspecified atom stereocenters. The number of hydrogen-bond donors (Lipinski definition) is 1. The third-order valence-electron chi connectivity index (χ3n) is 1.44. The fourth-order valence-corrected chi connectivity index (χ4v) is 1.42. The van der Waals surface area contributed by atoms with Gasteiger partial charge in [0.05, 0.1) is 0 Å². The van der Waals surface area contributed by atoms with Crippen molar-refractivity contribution >= 4 is 17.7 Å². The Bertz CT molecular complexity index is 314. The molecule has 0 saturated carbocycles. The molecule has 1 aromatic carbocycles. The largest absolute Gasteiger partial charge is 0.478 e. The summed E-state index contributed by atoms with van der Waals surface area (Å²) in [4.78, 5) is 11.2. The van der Waals surface area contributed by atoms with Gasteiger partial charge in [0.15, 0.2) is 0 Å². The van der Waals surface area contributed by atoms with E-state index < -0.39 is 5.97 Å². The lowest BCUT2D eigenvalue weighted by atomic mass is 10.2. The molecule has 13 heavy (non-hydrogen) atoms. The minimum atomic E-state index is -0.917. The van der Waals surface area contributed by atoms with Crippen molar-refractivity contribution in [3.05, 3.63) is 41.3 Å². The highest BCUT2D eigenvalue weighted by Gasteiger charge is 1.90. The van der Waals surface area contributed by atoms with E-state index in [0.717, 1.165) is 11.0 Å². The van der Waals surface area contributed by atoms with Crippen LogP contribution in [0.15, 0.2) is 40.6 Å². The van der Waals surface area contributed by atoms with E-state index in [4.69, 9.17) is 5.11 Å². The molecule has 0 radical (unpaired) electrons. The van der Waals surface area contributed by atoms with E-state index in [-0.39, 0.29) is 0 Å². The molecular formula is C10H10O2S. The maximum atomic E-state index is 10.1. The van der Waals surface area contributed by atoms with E-state index in [1.165, 1.54) is 17.3 Å². The molecular weight excluding hydrogens is 184 g/mol. The predicted octanol–water partition coefficient (Wildman–Crippen LogP) is 2.69. The smallest absolute Gasteiger partial charge is 0.328 e. The summed E-state index contributed by atoms with van der Waals surface area (Å²) < 4.78 is 0. The van der Waals surface area contributed by atoms with Crippen molar-refractivity contribution in [2.45, 2.75) is 11.8 Å². The van der Waals surface area contributed by atoms with Crippen molar-refractivity contribution < 1.29 is 9.90 Å². The van der Waals surface area contributed by atoms with Crippen molar-refractivity contribution in [3.8, 4) is 0 Å². The molecule has 0 saturated heterocycles. The molecule has 0 aliphatic rings. The number of carboxylic acids is 1. The van der Waals surface area contributed by atoms with E-state index in [2.05, 4.69) is 0 Å². The van der Waals surface area contributed by atoms with Crippen LogP contribution in [0.4, 0.5) is 0 Å². The highest BCUT2D eigenvalue weighted by molar-refractivity contribution is 8.02. The van der Waals surface area contributed by atoms with Gasteiger partial charge in [0.2, 0.25) is 0 Å². The highest BCUT2D eigenvalue weighted by atomic mass is 32.2. The summed E-state index contributed by atoms with van der Waals surface area (Å²) in [6, 6.07) is 7.92. The van der Waals surface area contributed by atoms with Crippen LogP contribution in [0.5, 0.6) is 0 Å². The van der Waals surface area contributed by atoms with Gasteiger partial charge in [-0.15, -0.1) is 0 Å². The van der Waals surface area contributed by atoms with Crippen LogP contribution in [0, 0.1) is 6.92 Å². The number of rotatable bonds is 3. The van der Waals surface area contributed by atoms with Gasteiger partial charge in [-0.05, 0) is 24.5 Å². The molecule has 0 spiro atoms. The zero-order valence-corrected chi connectivity index (χ0v) is 8.04. The van der Waals surface area contributed by atoms with Crippen LogP contribution in [0.25, 0.3) is 0 Å². The monoisotopic (exact) mass is 194 g/mol. The molecule has 0 fully saturated rings. The Morgan fingerprint density at radius 2 is 2.00 bits per heavy atom. The molecule has 1 aromatic rings. The number of aliphatic carboxylic acids is 1. The first-order valence-electron chi connectivity index (χ1n) is 3.81. The van der Waals surface area contributed by atoms with Gasteiger partial charge in [-0.3, -0.25) is 0 Å². The standard InChI is InChI=1S/C10H10O2S/c1-8-2-4-9(5-3-8)13-7-6-10(11)12/h2-7H,1H3,(H,11,12)/b7-6+. The van der Waals surface area contributed by atoms with Crippen LogP contribution in [0.1, 0.15) is 5.56 Å². The Labute approximate surface area is 81.3 Å². The Balaban J connectivity index is 2.55. The van der Waals surface area contributed by atoms with Crippen LogP contribution >= 0.6 is 11.8 Å². The second-order valence-corrected chi connectivity index (χ2v) is 3.55. The first kappa shape index (κ1) is 9.86. The number of hydrogen-bond acceptors (Lipinski definition) is 2. The number of thioether (sulfide) groups is 1. The molecule has 2 nitrogen and oxygen atoms in total. The zero-order chi connectivity index (χ0) is 9.68. The van der Waals surface area contributed by atoms with Gasteiger partial charge >= 0.3 is 5.97 Å². The van der Waals surface area contributed by atoms with Crippen molar-refractivity contribution in [2.24, 2.45) is 0 Å². The lowest BCUT2D eigenvalue weighted by Crippen LogP contribution is -1.84. The van der Waals surface area contributed by atoms with Gasteiger partial charge in [0.1, 0.15) is 0 Å². The lowest BCUT2D eigenvalue weighted by Gasteiger charge is -1.95. The summed E-state index contributed by atoms with van der Waals surface area (Å²) in [5.74, 6) is -0.917. The summed E-state index contributed by atoms with van der Waals surface area (Å²) in [6.45, 7) is 2.02. The maximum absolute atomic E-state index is 10.1. The average molecular weight is 194 g/mol. The number of benzene rings is 1. The molecule has 0 aliphatic heterocycles. The first-order valence-corrected chi connectivity index (χ1v) is 4.69. The van der Waals surface area contributed by atoms with Gasteiger partial charge in [-0.25, -0.2) is 4.79 Å². The molecule has 0 aliphatic carbocycles. The first-order chi connectivity index (χ1) is 6.18. The third kappa shape index (κ3) is 3.80. The van der Waals surface area contributed by atoms with Gasteiger partial charge in [-0.1, -0.05) is 29.5 Å². The van der Waals surface area contributed by atoms with Gasteiger partial charge in [0.25, 0.3) is 0 Å². The summed E-state index contributed by atoms with van der Waals surface area (Å²) in [6.07, 6.45) is 1.13.